The maximum absolute atomic E-state index is 12.1. The highest BCUT2D eigenvalue weighted by molar-refractivity contribution is 7.45. The molecule has 0 saturated carbocycles. The molecule has 0 heterocycles. The predicted molar refractivity (Wildman–Crippen MR) is 547 cm³/mol. The van der Waals surface area contributed by atoms with Gasteiger partial charge in [0.25, 0.3) is 42.6 Å². The Balaban J connectivity index is -0.000000508. The molecule has 0 aromatic rings. The van der Waals surface area contributed by atoms with Gasteiger partial charge < -0.3 is 90.2 Å². The summed E-state index contributed by atoms with van der Waals surface area (Å²) in [6.45, 7) is 93.4. The van der Waals surface area contributed by atoms with Crippen LogP contribution in [0.3, 0.4) is 0 Å². The largest absolute Gasteiger partial charge is 0.379 e. The molecular formula is C96H194N9O21P5. The van der Waals surface area contributed by atoms with E-state index >= 15 is 0 Å². The van der Waals surface area contributed by atoms with Crippen LogP contribution in [0.2, 0.25) is 0 Å². The molecule has 35 heteroatoms. The number of allylic oxidation sites excluding steroid dienone is 1. The first-order valence-corrected chi connectivity index (χ1v) is 54.1. The number of carbonyl (C=O) groups excluding carboxylic acids is 6. The fraction of sp³-hybridized carbons (Fsp3) is 0.833. The van der Waals surface area contributed by atoms with Crippen molar-refractivity contribution in [1.82, 2.24) is 44.6 Å². The van der Waals surface area contributed by atoms with Crippen LogP contribution in [0.25, 0.3) is 0 Å². The second-order valence-electron chi connectivity index (χ2n) is 34.4. The van der Waals surface area contributed by atoms with Crippen LogP contribution in [-0.4, -0.2) is 277 Å². The number of hydrogen-bond acceptors (Lipinski definition) is 26. The molecule has 131 heavy (non-hydrogen) atoms. The van der Waals surface area contributed by atoms with E-state index < -0.39 is 42.6 Å². The minimum absolute atomic E-state index is 0.0514. The van der Waals surface area contributed by atoms with Crippen molar-refractivity contribution in [2.45, 2.75) is 371 Å². The number of hydrogen-bond donors (Lipinski definition) is 4. The third kappa shape index (κ3) is 78.7. The molecule has 0 aliphatic rings. The van der Waals surface area contributed by atoms with Gasteiger partial charge in [0.1, 0.15) is 5.78 Å². The first kappa shape index (κ1) is 137. The quantitative estimate of drug-likeness (QED) is 0.0250. The molecule has 0 aromatic heterocycles. The van der Waals surface area contributed by atoms with Crippen molar-refractivity contribution in [3.8, 4) is 0 Å². The van der Waals surface area contributed by atoms with E-state index in [9.17, 15) is 28.8 Å². The molecule has 5 atom stereocenters. The lowest BCUT2D eigenvalue weighted by molar-refractivity contribution is -0.120. The van der Waals surface area contributed by atoms with E-state index in [2.05, 4.69) is 251 Å². The lowest BCUT2D eigenvalue weighted by atomic mass is 10.1. The van der Waals surface area contributed by atoms with Gasteiger partial charge in [-0.2, -0.15) is 0 Å². The molecule has 4 amide bonds. The maximum Gasteiger partial charge on any atom is 0.259 e. The molecule has 30 nitrogen and oxygen atoms in total. The van der Waals surface area contributed by atoms with Crippen LogP contribution < -0.4 is 21.3 Å². The molecule has 0 aromatic carbocycles. The predicted octanol–water partition coefficient (Wildman–Crippen LogP) is 21.7. The summed E-state index contributed by atoms with van der Waals surface area (Å²) in [5.41, 5.74) is 2.68. The summed E-state index contributed by atoms with van der Waals surface area (Å²) in [4.78, 5) is 68.9. The molecule has 774 valence electrons. The average molecular weight is 1970 g/mol. The SMILES string of the molecule is C=C(C)C(=O)CCCCOP(OCCC)N(C(C)C)C(C)C.C=C(C)C(=O)NCCCCCCOP(OCCC)N(C(C)C)C(C)C.C=C(C)C(=O)NCCOCCOCCCC(=O)CCCOP(OCCC)N(C(C)C)C(C)C.C=C(C)C(=O)NCCOCCOCCOP(OCCC)N(C(C)C)C(C)C.C=C(C)C(=O)NCCOCCOP(OCCC)N(C(C)C)C(C)C. The number of carbonyl (C=O) groups is 6. The number of rotatable bonds is 81. The van der Waals surface area contributed by atoms with E-state index in [-0.39, 0.29) is 35.2 Å². The third-order valence-electron chi connectivity index (χ3n) is 17.6. The number of unbranched alkanes of at least 4 members (excludes halogenated alkanes) is 4. The normalized spacial score (nSPS) is 12.8. The van der Waals surface area contributed by atoms with Gasteiger partial charge in [-0.25, -0.2) is 23.4 Å². The van der Waals surface area contributed by atoms with Gasteiger partial charge in [0.2, 0.25) is 23.6 Å². The summed E-state index contributed by atoms with van der Waals surface area (Å²) in [6, 6.07) is 3.66. The Morgan fingerprint density at radius 3 is 0.687 bits per heavy atom. The fourth-order valence-electron chi connectivity index (χ4n) is 11.6. The molecular weight excluding hydrogens is 1770 g/mol. The molecule has 0 fully saturated rings. The summed E-state index contributed by atoms with van der Waals surface area (Å²) in [6.07, 6.45) is 13.8. The Morgan fingerprint density at radius 2 is 0.435 bits per heavy atom. The Labute approximate surface area is 805 Å². The van der Waals surface area contributed by atoms with E-state index in [1.807, 2.05) is 0 Å². The molecule has 4 N–H and O–H groups in total. The molecule has 0 saturated heterocycles. The first-order valence-electron chi connectivity index (χ1n) is 48.5. The highest BCUT2D eigenvalue weighted by Gasteiger charge is 2.32. The zero-order valence-corrected chi connectivity index (χ0v) is 92.6. The van der Waals surface area contributed by atoms with E-state index in [0.717, 1.165) is 90.4 Å². The lowest BCUT2D eigenvalue weighted by Crippen LogP contribution is -2.34. The molecule has 5 unspecified atom stereocenters. The maximum atomic E-state index is 12.1. The number of ketones is 2. The molecule has 0 spiro atoms. The summed E-state index contributed by atoms with van der Waals surface area (Å²) < 4.78 is 98.5. The lowest BCUT2D eigenvalue weighted by Gasteiger charge is -2.35. The highest BCUT2D eigenvalue weighted by atomic mass is 31.2. The molecule has 0 rings (SSSR count). The minimum atomic E-state index is -1.10. The van der Waals surface area contributed by atoms with Crippen LogP contribution in [0.4, 0.5) is 0 Å². The van der Waals surface area contributed by atoms with Gasteiger partial charge in [-0.3, -0.25) is 28.8 Å². The summed E-state index contributed by atoms with van der Waals surface area (Å²) in [5.74, 6) is -0.124. The van der Waals surface area contributed by atoms with Gasteiger partial charge in [-0.15, -0.1) is 0 Å². The van der Waals surface area contributed by atoms with Crippen molar-refractivity contribution in [3.05, 3.63) is 60.8 Å². The molecule has 0 aliphatic heterocycles. The van der Waals surface area contributed by atoms with Crippen LogP contribution in [0, 0.1) is 0 Å². The van der Waals surface area contributed by atoms with E-state index in [1.165, 1.54) is 0 Å². The van der Waals surface area contributed by atoms with Crippen molar-refractivity contribution in [1.29, 1.82) is 0 Å². The number of nitrogens with zero attached hydrogens (tertiary/aromatic N) is 5. The minimum Gasteiger partial charge on any atom is -0.379 e. The van der Waals surface area contributed by atoms with Gasteiger partial charge in [-0.05, 0) is 249 Å². The Bertz CT molecular complexity index is 2840. The number of ether oxygens (including phenoxy) is 5. The monoisotopic (exact) mass is 1960 g/mol. The molecule has 0 bridgehead atoms. The Kier molecular flexibility index (Phi) is 95.1. The molecule has 0 aliphatic carbocycles. The fourth-order valence-corrected chi connectivity index (χ4v) is 20.0. The van der Waals surface area contributed by atoms with E-state index in [0.29, 0.717) is 259 Å². The first-order chi connectivity index (χ1) is 61.9. The van der Waals surface area contributed by atoms with Crippen molar-refractivity contribution in [2.75, 3.05) is 158 Å². The smallest absolute Gasteiger partial charge is 0.259 e. The zero-order chi connectivity index (χ0) is 101. The number of amides is 4. The van der Waals surface area contributed by atoms with Gasteiger partial charge in [0, 0.05) is 135 Å². The summed E-state index contributed by atoms with van der Waals surface area (Å²) in [7, 11) is -5.27. The summed E-state index contributed by atoms with van der Waals surface area (Å²) in [5, 5.41) is 11.0. The topological polar surface area (TPSA) is 305 Å². The van der Waals surface area contributed by atoms with E-state index in [1.54, 1.807) is 34.6 Å². The van der Waals surface area contributed by atoms with Crippen molar-refractivity contribution >= 4 is 77.8 Å². The van der Waals surface area contributed by atoms with Crippen LogP contribution in [0.15, 0.2) is 60.8 Å². The van der Waals surface area contributed by atoms with Crippen LogP contribution in [-0.2, 0) is 97.7 Å². The van der Waals surface area contributed by atoms with Crippen LogP contribution in [0.1, 0.15) is 310 Å². The highest BCUT2D eigenvalue weighted by Crippen LogP contribution is 2.50. The standard InChI is InChI=1S/C24H47N2O6P.C19H39N2O5P.C19H39N2O3P.C17H35N2O4P.C17H34NO3P/c1-8-14-31-33(26(21(4)5)22(6)7)32-16-10-12-23(27)11-9-15-29-18-19-30-17-13-25-24(28)20(2)3;1-8-10-25-27(21(17(4)5)18(6)7)26-15-14-24-13-12-23-11-9-20-19(22)16(2)3;1-8-14-23-25(21(17(4)5)18(6)7)24-15-12-10-9-11-13-20-19(22)16(2)3;1-8-10-22-24(19(15(4)5)16(6)7)23-13-12-21-11-9-18-17(20)14(2)3;1-8-12-20-22(18(15(4)5)16(6)7)21-13-10-9-11-17(19)14(2)3/h21-22H,2,8-19H2,1,3-7H3,(H,25,28);17-18H,2,8-15H2,1,3-7H3,(H,20,22);17-18H,2,8-15H2,1,3-7H3,(H,20,22);15-16H,2,8-13H2,1,3-7H3,(H,18,20);15-16H,2,8-13H2,1,3-7H3. The number of nitrogens with one attached hydrogen (secondary N) is 4. The van der Waals surface area contributed by atoms with E-state index in [4.69, 9.17) is 68.9 Å². The second-order valence-corrected chi connectivity index (χ2v) is 41.7. The van der Waals surface area contributed by atoms with Crippen LogP contribution >= 0.6 is 42.6 Å². The van der Waals surface area contributed by atoms with Gasteiger partial charge in [-0.1, -0.05) is 80.4 Å². The Morgan fingerprint density at radius 1 is 0.229 bits per heavy atom. The van der Waals surface area contributed by atoms with Gasteiger partial charge >= 0.3 is 0 Å². The van der Waals surface area contributed by atoms with Crippen molar-refractivity contribution in [3.63, 3.8) is 0 Å². The summed E-state index contributed by atoms with van der Waals surface area (Å²) >= 11 is 0. The number of Topliss-reactive ketones (excluding diaryl/α,β-unsaturated/α-hetero) is 2. The van der Waals surface area contributed by atoms with Crippen molar-refractivity contribution in [2.24, 2.45) is 0 Å². The average Bonchev–Trinajstić information content (AvgIpc) is 0.898. The van der Waals surface area contributed by atoms with Crippen LogP contribution in [0.5, 0.6) is 0 Å². The molecule has 0 radical (unpaired) electrons. The van der Waals surface area contributed by atoms with Gasteiger partial charge in [0.15, 0.2) is 5.78 Å². The van der Waals surface area contributed by atoms with Gasteiger partial charge in [0.05, 0.1) is 126 Å². The Hall–Kier alpha value is -2.73. The van der Waals surface area contributed by atoms with Crippen molar-refractivity contribution < 1.29 is 97.7 Å². The third-order valence-corrected chi connectivity index (χ3v) is 28.1. The zero-order valence-electron chi connectivity index (χ0n) is 88.1. The second kappa shape index (κ2) is 91.1.